The summed E-state index contributed by atoms with van der Waals surface area (Å²) in [6, 6.07) is 14.0. The molecule has 0 bridgehead atoms. The molecule has 0 atom stereocenters. The smallest absolute Gasteiger partial charge is 0.251 e. The van der Waals surface area contributed by atoms with Crippen molar-refractivity contribution in [2.24, 2.45) is 0 Å². The Morgan fingerprint density at radius 1 is 1.14 bits per heavy atom. The fourth-order valence-corrected chi connectivity index (χ4v) is 4.58. The van der Waals surface area contributed by atoms with E-state index in [1.807, 2.05) is 30.3 Å². The number of nitrogens with zero attached hydrogens (tertiary/aromatic N) is 2. The second-order valence-corrected chi connectivity index (χ2v) is 7.73. The van der Waals surface area contributed by atoms with Gasteiger partial charge in [-0.15, -0.1) is 0 Å². The standard InChI is InChI=1S/C24H24N4O/c1-2-28-21-5-3-4-19(21)20-11-17(8-9-22(20)28)24(29)27-13-15-6-7-16-12-23(25)26-14-18(16)10-15/h6-12,14H,2-5,13H2,1H3,(H2,25,26)(H,27,29). The molecule has 0 saturated heterocycles. The van der Waals surface area contributed by atoms with Crippen molar-refractivity contribution in [1.82, 2.24) is 14.9 Å². The number of fused-ring (bicyclic) bond motifs is 4. The Morgan fingerprint density at radius 2 is 2.03 bits per heavy atom. The molecule has 0 spiro atoms. The van der Waals surface area contributed by atoms with Crippen molar-refractivity contribution < 1.29 is 4.79 Å². The first-order valence-corrected chi connectivity index (χ1v) is 10.2. The number of carbonyl (C=O) groups excluding carboxylic acids is 1. The topological polar surface area (TPSA) is 72.9 Å². The van der Waals surface area contributed by atoms with E-state index in [9.17, 15) is 4.79 Å². The molecule has 29 heavy (non-hydrogen) atoms. The average molecular weight is 384 g/mol. The first-order valence-electron chi connectivity index (χ1n) is 10.2. The second-order valence-electron chi connectivity index (χ2n) is 7.73. The van der Waals surface area contributed by atoms with Crippen LogP contribution in [0.3, 0.4) is 0 Å². The highest BCUT2D eigenvalue weighted by Crippen LogP contribution is 2.33. The molecule has 0 fully saturated rings. The second kappa shape index (κ2) is 6.92. The Morgan fingerprint density at radius 3 is 2.90 bits per heavy atom. The number of nitrogens with two attached hydrogens (primary N) is 1. The highest BCUT2D eigenvalue weighted by atomic mass is 16.1. The minimum atomic E-state index is -0.0431. The van der Waals surface area contributed by atoms with Crippen molar-refractivity contribution in [3.8, 4) is 0 Å². The molecule has 0 radical (unpaired) electrons. The van der Waals surface area contributed by atoms with E-state index < -0.39 is 0 Å². The summed E-state index contributed by atoms with van der Waals surface area (Å²) < 4.78 is 2.40. The van der Waals surface area contributed by atoms with Gasteiger partial charge in [0.15, 0.2) is 0 Å². The molecule has 2 aromatic heterocycles. The summed E-state index contributed by atoms with van der Waals surface area (Å²) in [7, 11) is 0. The summed E-state index contributed by atoms with van der Waals surface area (Å²) in [4.78, 5) is 16.9. The van der Waals surface area contributed by atoms with Crippen LogP contribution in [0.5, 0.6) is 0 Å². The first kappa shape index (κ1) is 17.7. The van der Waals surface area contributed by atoms with Crippen molar-refractivity contribution in [3.63, 3.8) is 0 Å². The Kier molecular flexibility index (Phi) is 4.23. The predicted molar refractivity (Wildman–Crippen MR) is 117 cm³/mol. The molecule has 0 saturated carbocycles. The number of anilines is 1. The third kappa shape index (κ3) is 3.03. The van der Waals surface area contributed by atoms with Crippen molar-refractivity contribution in [3.05, 3.63) is 71.0 Å². The van der Waals surface area contributed by atoms with Crippen LogP contribution in [0.25, 0.3) is 21.7 Å². The Labute approximate surface area is 169 Å². The fraction of sp³-hybridized carbons (Fsp3) is 0.250. The predicted octanol–water partition coefficient (Wildman–Crippen LogP) is 4.21. The van der Waals surface area contributed by atoms with Crippen LogP contribution < -0.4 is 11.1 Å². The van der Waals surface area contributed by atoms with Crippen LogP contribution in [0.15, 0.2) is 48.7 Å². The maximum absolute atomic E-state index is 12.8. The van der Waals surface area contributed by atoms with Crippen molar-refractivity contribution in [1.29, 1.82) is 0 Å². The van der Waals surface area contributed by atoms with E-state index in [0.717, 1.165) is 41.3 Å². The molecule has 0 unspecified atom stereocenters. The zero-order chi connectivity index (χ0) is 20.0. The Balaban J connectivity index is 1.38. The maximum atomic E-state index is 12.8. The minimum absolute atomic E-state index is 0.0431. The molecule has 4 aromatic rings. The van der Waals surface area contributed by atoms with Gasteiger partial charge >= 0.3 is 0 Å². The van der Waals surface area contributed by atoms with Gasteiger partial charge in [0.05, 0.1) is 0 Å². The molecule has 2 heterocycles. The zero-order valence-electron chi connectivity index (χ0n) is 16.5. The molecule has 5 nitrogen and oxygen atoms in total. The summed E-state index contributed by atoms with van der Waals surface area (Å²) in [5.74, 6) is 0.468. The van der Waals surface area contributed by atoms with E-state index in [4.69, 9.17) is 5.73 Å². The molecule has 5 heteroatoms. The number of hydrogen-bond donors (Lipinski definition) is 2. The van der Waals surface area contributed by atoms with Gasteiger partial charge < -0.3 is 15.6 Å². The molecular weight excluding hydrogens is 360 g/mol. The number of nitrogen functional groups attached to an aromatic ring is 1. The van der Waals surface area contributed by atoms with Gasteiger partial charge in [-0.2, -0.15) is 0 Å². The van der Waals surface area contributed by atoms with Gasteiger partial charge in [0.2, 0.25) is 0 Å². The molecule has 0 aliphatic heterocycles. The minimum Gasteiger partial charge on any atom is -0.384 e. The number of benzene rings is 2. The molecular formula is C24H24N4O. The van der Waals surface area contributed by atoms with Crippen LogP contribution >= 0.6 is 0 Å². The summed E-state index contributed by atoms with van der Waals surface area (Å²) in [6.07, 6.45) is 5.23. The molecule has 5 rings (SSSR count). The summed E-state index contributed by atoms with van der Waals surface area (Å²) in [5, 5.41) is 6.36. The average Bonchev–Trinajstić information content (AvgIpc) is 3.32. The summed E-state index contributed by atoms with van der Waals surface area (Å²) >= 11 is 0. The third-order valence-corrected chi connectivity index (χ3v) is 5.97. The normalized spacial score (nSPS) is 13.1. The number of pyridine rings is 1. The van der Waals surface area contributed by atoms with E-state index >= 15 is 0 Å². The largest absolute Gasteiger partial charge is 0.384 e. The third-order valence-electron chi connectivity index (χ3n) is 5.97. The summed E-state index contributed by atoms with van der Waals surface area (Å²) in [6.45, 7) is 3.64. The number of nitrogens with one attached hydrogen (secondary N) is 1. The van der Waals surface area contributed by atoms with Gasteiger partial charge in [-0.3, -0.25) is 4.79 Å². The van der Waals surface area contributed by atoms with Crippen LogP contribution in [0.2, 0.25) is 0 Å². The number of carbonyl (C=O) groups is 1. The van der Waals surface area contributed by atoms with Crippen LogP contribution in [-0.4, -0.2) is 15.5 Å². The maximum Gasteiger partial charge on any atom is 0.251 e. The molecule has 3 N–H and O–H groups in total. The van der Waals surface area contributed by atoms with E-state index in [1.165, 1.54) is 28.6 Å². The van der Waals surface area contributed by atoms with Gasteiger partial charge in [-0.1, -0.05) is 12.1 Å². The van der Waals surface area contributed by atoms with Gasteiger partial charge in [0.1, 0.15) is 5.82 Å². The monoisotopic (exact) mass is 384 g/mol. The fourth-order valence-electron chi connectivity index (χ4n) is 4.58. The number of aromatic nitrogens is 2. The molecule has 1 aliphatic rings. The SMILES string of the molecule is CCn1c2c(c3cc(C(=O)NCc4ccc5cc(N)ncc5c4)ccc31)CCC2. The lowest BCUT2D eigenvalue weighted by atomic mass is 10.1. The first-order chi connectivity index (χ1) is 14.1. The van der Waals surface area contributed by atoms with Crippen LogP contribution in [0.1, 0.15) is 40.5 Å². The van der Waals surface area contributed by atoms with Crippen molar-refractivity contribution >= 4 is 33.4 Å². The lowest BCUT2D eigenvalue weighted by Crippen LogP contribution is -2.22. The number of rotatable bonds is 4. The quantitative estimate of drug-likeness (QED) is 0.554. The van der Waals surface area contributed by atoms with Crippen LogP contribution in [-0.2, 0) is 25.9 Å². The van der Waals surface area contributed by atoms with Crippen molar-refractivity contribution in [2.75, 3.05) is 5.73 Å². The molecule has 2 aromatic carbocycles. The lowest BCUT2D eigenvalue weighted by Gasteiger charge is -2.09. The number of amides is 1. The number of aryl methyl sites for hydroxylation is 2. The van der Waals surface area contributed by atoms with Crippen molar-refractivity contribution in [2.45, 2.75) is 39.3 Å². The Bertz CT molecular complexity index is 1250. The van der Waals surface area contributed by atoms with Gasteiger partial charge in [-0.25, -0.2) is 4.98 Å². The molecule has 1 amide bonds. The highest BCUT2D eigenvalue weighted by Gasteiger charge is 2.21. The van der Waals surface area contributed by atoms with Gasteiger partial charge in [0, 0.05) is 46.8 Å². The van der Waals surface area contributed by atoms with Crippen LogP contribution in [0, 0.1) is 0 Å². The van der Waals surface area contributed by atoms with E-state index in [2.05, 4.69) is 33.9 Å². The number of hydrogen-bond acceptors (Lipinski definition) is 3. The van der Waals surface area contributed by atoms with Gasteiger partial charge in [0.25, 0.3) is 5.91 Å². The van der Waals surface area contributed by atoms with E-state index in [0.29, 0.717) is 12.4 Å². The van der Waals surface area contributed by atoms with Gasteiger partial charge in [-0.05, 0) is 73.0 Å². The summed E-state index contributed by atoms with van der Waals surface area (Å²) in [5.41, 5.74) is 11.6. The zero-order valence-corrected chi connectivity index (χ0v) is 16.5. The molecule has 146 valence electrons. The molecule has 1 aliphatic carbocycles. The van der Waals surface area contributed by atoms with Crippen LogP contribution in [0.4, 0.5) is 5.82 Å². The van der Waals surface area contributed by atoms with E-state index in [1.54, 1.807) is 6.20 Å². The lowest BCUT2D eigenvalue weighted by molar-refractivity contribution is 0.0951. The van der Waals surface area contributed by atoms with E-state index in [-0.39, 0.29) is 5.91 Å². The Hall–Kier alpha value is -3.34. The highest BCUT2D eigenvalue weighted by molar-refractivity contribution is 5.99.